The van der Waals surface area contributed by atoms with Gasteiger partial charge in [-0.15, -0.1) is 0 Å². The van der Waals surface area contributed by atoms with Crippen LogP contribution >= 0.6 is 0 Å². The molecule has 0 aliphatic heterocycles. The van der Waals surface area contributed by atoms with Gasteiger partial charge in [0.1, 0.15) is 6.54 Å². The van der Waals surface area contributed by atoms with E-state index in [1.807, 2.05) is 0 Å². The highest BCUT2D eigenvalue weighted by Crippen LogP contribution is 2.24. The van der Waals surface area contributed by atoms with Gasteiger partial charge < -0.3 is 33.0 Å². The van der Waals surface area contributed by atoms with E-state index < -0.39 is 0 Å². The molecule has 0 saturated carbocycles. The number of rotatable bonds is 13. The highest BCUT2D eigenvalue weighted by Gasteiger charge is 2.14. The highest BCUT2D eigenvalue weighted by atomic mass is 127. The highest BCUT2D eigenvalue weighted by molar-refractivity contribution is 5.83. The van der Waals surface area contributed by atoms with Crippen LogP contribution in [0.4, 0.5) is 0 Å². The lowest BCUT2D eigenvalue weighted by molar-refractivity contribution is -0.883. The molecule has 0 amide bonds. The Labute approximate surface area is 184 Å². The van der Waals surface area contributed by atoms with Crippen LogP contribution in [0, 0.1) is 0 Å². The molecule has 2 rings (SSSR count). The summed E-state index contributed by atoms with van der Waals surface area (Å²) in [5.74, 6) is 0. The first-order valence-corrected chi connectivity index (χ1v) is 10.9. The number of aryl methyl sites for hydroxylation is 1. The maximum absolute atomic E-state index is 2.49. The van der Waals surface area contributed by atoms with Crippen molar-refractivity contribution in [1.82, 2.24) is 4.57 Å². The first-order chi connectivity index (χ1) is 12.5. The van der Waals surface area contributed by atoms with Gasteiger partial charge >= 0.3 is 0 Å². The molecule has 27 heavy (non-hydrogen) atoms. The van der Waals surface area contributed by atoms with Crippen molar-refractivity contribution in [3.05, 3.63) is 36.0 Å². The molecule has 0 atom stereocenters. The van der Waals surface area contributed by atoms with E-state index in [2.05, 4.69) is 63.1 Å². The van der Waals surface area contributed by atoms with Crippen LogP contribution in [0.15, 0.2) is 30.5 Å². The van der Waals surface area contributed by atoms with Crippen molar-refractivity contribution in [2.45, 2.75) is 84.2 Å². The second kappa shape index (κ2) is 12.8. The van der Waals surface area contributed by atoms with Crippen molar-refractivity contribution in [2.24, 2.45) is 0 Å². The average molecular weight is 485 g/mol. The second-order valence-electron chi connectivity index (χ2n) is 9.00. The lowest BCUT2D eigenvalue weighted by atomic mass is 10.1. The molecule has 0 N–H and O–H groups in total. The molecule has 1 aromatic heterocycles. The molecule has 3 heteroatoms. The largest absolute Gasteiger partial charge is 1.00 e. The van der Waals surface area contributed by atoms with Gasteiger partial charge in [0, 0.05) is 29.2 Å². The van der Waals surface area contributed by atoms with Gasteiger partial charge in [-0.1, -0.05) is 82.9 Å². The predicted molar refractivity (Wildman–Crippen MR) is 116 cm³/mol. The molecule has 2 nitrogen and oxygen atoms in total. The van der Waals surface area contributed by atoms with Gasteiger partial charge in [-0.05, 0) is 12.5 Å². The van der Waals surface area contributed by atoms with Gasteiger partial charge in [-0.3, -0.25) is 0 Å². The van der Waals surface area contributed by atoms with E-state index in [0.29, 0.717) is 0 Å². The summed E-state index contributed by atoms with van der Waals surface area (Å²) in [6, 6.07) is 8.92. The number of nitrogens with zero attached hydrogens (tertiary/aromatic N) is 2. The minimum Gasteiger partial charge on any atom is -1.00 e. The van der Waals surface area contributed by atoms with Gasteiger partial charge in [0.2, 0.25) is 0 Å². The summed E-state index contributed by atoms with van der Waals surface area (Å²) >= 11 is 0. The number of benzene rings is 1. The standard InChI is InChI=1S/C24H41N2.HI/c1-5-6-7-8-9-10-11-12-13-16-19-25-20-22(21-26(2,3)4)23-17-14-15-18-24(23)25;/h14-15,17-18,20H,5-13,16,19,21H2,1-4H3;1H/q+1;/p-1. The molecule has 0 spiro atoms. The fourth-order valence-electron chi connectivity index (χ4n) is 3.91. The molecule has 0 aliphatic carbocycles. The molecule has 0 unspecified atom stereocenters. The van der Waals surface area contributed by atoms with Crippen molar-refractivity contribution in [2.75, 3.05) is 21.1 Å². The Morgan fingerprint density at radius 3 is 1.93 bits per heavy atom. The Morgan fingerprint density at radius 1 is 0.778 bits per heavy atom. The van der Waals surface area contributed by atoms with Gasteiger partial charge in [0.25, 0.3) is 0 Å². The van der Waals surface area contributed by atoms with Crippen LogP contribution in [0.2, 0.25) is 0 Å². The molecule has 154 valence electrons. The molecular weight excluding hydrogens is 443 g/mol. The van der Waals surface area contributed by atoms with E-state index in [9.17, 15) is 0 Å². The van der Waals surface area contributed by atoms with Crippen LogP contribution in [0.3, 0.4) is 0 Å². The summed E-state index contributed by atoms with van der Waals surface area (Å²) in [5.41, 5.74) is 2.90. The Bertz CT molecular complexity index is 639. The van der Waals surface area contributed by atoms with E-state index >= 15 is 0 Å². The first kappa shape index (κ1) is 24.5. The van der Waals surface area contributed by atoms with Gasteiger partial charge in [-0.25, -0.2) is 0 Å². The monoisotopic (exact) mass is 484 g/mol. The number of hydrogen-bond acceptors (Lipinski definition) is 0. The van der Waals surface area contributed by atoms with E-state index in [0.717, 1.165) is 17.6 Å². The molecule has 0 fully saturated rings. The number of aromatic nitrogens is 1. The molecule has 0 radical (unpaired) electrons. The predicted octanol–water partition coefficient (Wildman–Crippen LogP) is 3.77. The fourth-order valence-corrected chi connectivity index (χ4v) is 3.91. The first-order valence-electron chi connectivity index (χ1n) is 10.9. The molecule has 0 bridgehead atoms. The topological polar surface area (TPSA) is 4.93 Å². The number of para-hydroxylation sites is 1. The number of fused-ring (bicyclic) bond motifs is 1. The van der Waals surface area contributed by atoms with Gasteiger partial charge in [0.05, 0.1) is 21.1 Å². The van der Waals surface area contributed by atoms with E-state index in [1.165, 1.54) is 80.7 Å². The molecular formula is C24H41IN2. The summed E-state index contributed by atoms with van der Waals surface area (Å²) in [6.45, 7) is 4.54. The zero-order valence-corrected chi connectivity index (χ0v) is 20.3. The Kier molecular flexibility index (Phi) is 11.6. The van der Waals surface area contributed by atoms with Gasteiger partial charge in [0.15, 0.2) is 0 Å². The summed E-state index contributed by atoms with van der Waals surface area (Å²) in [4.78, 5) is 0. The van der Waals surface area contributed by atoms with Crippen LogP contribution in [-0.4, -0.2) is 30.2 Å². The maximum Gasteiger partial charge on any atom is 0.106 e. The summed E-state index contributed by atoms with van der Waals surface area (Å²) < 4.78 is 3.47. The lowest BCUT2D eigenvalue weighted by Crippen LogP contribution is -3.00. The zero-order valence-electron chi connectivity index (χ0n) is 18.1. The number of unbranched alkanes of at least 4 members (excludes halogenated alkanes) is 9. The van der Waals surface area contributed by atoms with Crippen molar-refractivity contribution < 1.29 is 28.5 Å². The molecule has 1 heterocycles. The number of quaternary nitrogens is 1. The van der Waals surface area contributed by atoms with Crippen molar-refractivity contribution in [1.29, 1.82) is 0 Å². The van der Waals surface area contributed by atoms with E-state index in [4.69, 9.17) is 0 Å². The van der Waals surface area contributed by atoms with Crippen LogP contribution in [0.1, 0.15) is 76.7 Å². The quantitative estimate of drug-likeness (QED) is 0.232. The Morgan fingerprint density at radius 2 is 1.33 bits per heavy atom. The summed E-state index contributed by atoms with van der Waals surface area (Å²) in [7, 11) is 6.82. The smallest absolute Gasteiger partial charge is 0.106 e. The second-order valence-corrected chi connectivity index (χ2v) is 9.00. The lowest BCUT2D eigenvalue weighted by Gasteiger charge is -2.23. The molecule has 1 aromatic carbocycles. The molecule has 0 saturated heterocycles. The van der Waals surface area contributed by atoms with E-state index in [1.54, 1.807) is 0 Å². The minimum absolute atomic E-state index is 0. The molecule has 0 aliphatic rings. The average Bonchev–Trinajstić information content (AvgIpc) is 2.93. The number of hydrogen-bond donors (Lipinski definition) is 0. The van der Waals surface area contributed by atoms with Crippen molar-refractivity contribution >= 4 is 10.9 Å². The number of halogens is 1. The van der Waals surface area contributed by atoms with E-state index in [-0.39, 0.29) is 24.0 Å². The SMILES string of the molecule is CCCCCCCCCCCCn1cc(C[N+](C)(C)C)c2ccccc21.[I-]. The van der Waals surface area contributed by atoms with Crippen molar-refractivity contribution in [3.8, 4) is 0 Å². The zero-order chi connectivity index (χ0) is 18.8. The summed E-state index contributed by atoms with van der Waals surface area (Å²) in [5, 5.41) is 1.44. The third kappa shape index (κ3) is 8.99. The fraction of sp³-hybridized carbons (Fsp3) is 0.667. The molecule has 2 aromatic rings. The third-order valence-corrected chi connectivity index (χ3v) is 5.27. The third-order valence-electron chi connectivity index (χ3n) is 5.27. The maximum atomic E-state index is 2.49. The van der Waals surface area contributed by atoms with Crippen LogP contribution in [-0.2, 0) is 13.1 Å². The Balaban J connectivity index is 0.00000364. The summed E-state index contributed by atoms with van der Waals surface area (Å²) in [6.07, 6.45) is 16.4. The normalized spacial score (nSPS) is 11.7. The minimum atomic E-state index is 0. The van der Waals surface area contributed by atoms with Crippen LogP contribution < -0.4 is 24.0 Å². The van der Waals surface area contributed by atoms with Crippen molar-refractivity contribution in [3.63, 3.8) is 0 Å². The Hall–Kier alpha value is -0.550. The van der Waals surface area contributed by atoms with Gasteiger partial charge in [-0.2, -0.15) is 0 Å². The van der Waals surface area contributed by atoms with Crippen LogP contribution in [0.25, 0.3) is 10.9 Å². The van der Waals surface area contributed by atoms with Crippen LogP contribution in [0.5, 0.6) is 0 Å².